The number of anilines is 6. The Hall–Kier alpha value is -6.84. The van der Waals surface area contributed by atoms with Crippen LogP contribution in [0.15, 0.2) is 192 Å². The fourth-order valence-electron chi connectivity index (χ4n) is 7.94. The van der Waals surface area contributed by atoms with Crippen molar-refractivity contribution < 1.29 is 4.42 Å². The predicted molar refractivity (Wildman–Crippen MR) is 220 cm³/mol. The molecule has 52 heavy (non-hydrogen) atoms. The molecule has 0 amide bonds. The minimum atomic E-state index is 0.902. The molecule has 0 aliphatic carbocycles. The Morgan fingerprint density at radius 3 is 1.54 bits per heavy atom. The van der Waals surface area contributed by atoms with Gasteiger partial charge in [0.2, 0.25) is 0 Å². The van der Waals surface area contributed by atoms with Crippen molar-refractivity contribution in [2.24, 2.45) is 0 Å². The van der Waals surface area contributed by atoms with Crippen LogP contribution >= 0.6 is 0 Å². The third kappa shape index (κ3) is 4.82. The van der Waals surface area contributed by atoms with E-state index in [9.17, 15) is 0 Å². The molecule has 0 atom stereocenters. The predicted octanol–water partition coefficient (Wildman–Crippen LogP) is 14.3. The monoisotopic (exact) mass is 666 g/mol. The van der Waals surface area contributed by atoms with Crippen LogP contribution in [0.25, 0.3) is 54.3 Å². The second-order valence-electron chi connectivity index (χ2n) is 13.4. The van der Waals surface area contributed by atoms with E-state index in [2.05, 4.69) is 199 Å². The van der Waals surface area contributed by atoms with Crippen molar-refractivity contribution in [2.45, 2.75) is 6.92 Å². The quantitative estimate of drug-likeness (QED) is 0.165. The van der Waals surface area contributed by atoms with Crippen molar-refractivity contribution in [3.05, 3.63) is 194 Å². The van der Waals surface area contributed by atoms with Crippen molar-refractivity contribution in [2.75, 3.05) is 9.80 Å². The molecule has 9 aromatic carbocycles. The fraction of sp³-hybridized carbons (Fsp3) is 0.0204. The maximum atomic E-state index is 6.71. The van der Waals surface area contributed by atoms with Gasteiger partial charge in [-0.1, -0.05) is 115 Å². The highest BCUT2D eigenvalue weighted by Gasteiger charge is 2.21. The Labute approximate surface area is 302 Å². The summed E-state index contributed by atoms with van der Waals surface area (Å²) < 4.78 is 6.71. The van der Waals surface area contributed by atoms with Crippen LogP contribution in [0.3, 0.4) is 0 Å². The van der Waals surface area contributed by atoms with Crippen LogP contribution in [0.2, 0.25) is 0 Å². The summed E-state index contributed by atoms with van der Waals surface area (Å²) in [6.45, 7) is 2.19. The van der Waals surface area contributed by atoms with Gasteiger partial charge in [-0.05, 0) is 107 Å². The van der Waals surface area contributed by atoms with E-state index in [4.69, 9.17) is 4.42 Å². The van der Waals surface area contributed by atoms with Crippen LogP contribution in [-0.4, -0.2) is 0 Å². The Balaban J connectivity index is 1.21. The van der Waals surface area contributed by atoms with Gasteiger partial charge in [0.1, 0.15) is 11.2 Å². The Morgan fingerprint density at radius 2 is 0.846 bits per heavy atom. The van der Waals surface area contributed by atoms with Gasteiger partial charge in [0.15, 0.2) is 0 Å². The van der Waals surface area contributed by atoms with Crippen molar-refractivity contribution in [1.29, 1.82) is 0 Å². The van der Waals surface area contributed by atoms with E-state index in [-0.39, 0.29) is 0 Å². The van der Waals surface area contributed by atoms with Gasteiger partial charge >= 0.3 is 0 Å². The lowest BCUT2D eigenvalue weighted by atomic mass is 9.96. The van der Waals surface area contributed by atoms with Crippen molar-refractivity contribution >= 4 is 88.4 Å². The zero-order valence-electron chi connectivity index (χ0n) is 28.7. The number of hydrogen-bond acceptors (Lipinski definition) is 3. The largest absolute Gasteiger partial charge is 0.455 e. The lowest BCUT2D eigenvalue weighted by Crippen LogP contribution is -2.12. The van der Waals surface area contributed by atoms with E-state index in [1.54, 1.807) is 0 Å². The minimum Gasteiger partial charge on any atom is -0.455 e. The number of hydrogen-bond donors (Lipinski definition) is 0. The van der Waals surface area contributed by atoms with Gasteiger partial charge in [0.05, 0.1) is 5.69 Å². The zero-order valence-corrected chi connectivity index (χ0v) is 28.7. The summed E-state index contributed by atoms with van der Waals surface area (Å²) >= 11 is 0. The molecule has 0 bridgehead atoms. The molecule has 246 valence electrons. The Bertz CT molecular complexity index is 2870. The van der Waals surface area contributed by atoms with Crippen molar-refractivity contribution in [3.63, 3.8) is 0 Å². The molecule has 0 aliphatic rings. The molecule has 0 N–H and O–H groups in total. The van der Waals surface area contributed by atoms with E-state index >= 15 is 0 Å². The lowest BCUT2D eigenvalue weighted by Gasteiger charge is -2.29. The fourth-order valence-corrected chi connectivity index (χ4v) is 7.94. The maximum absolute atomic E-state index is 6.71. The molecule has 0 fully saturated rings. The highest BCUT2D eigenvalue weighted by atomic mass is 16.3. The number of para-hydroxylation sites is 3. The second kappa shape index (κ2) is 12.2. The van der Waals surface area contributed by atoms with Gasteiger partial charge in [-0.25, -0.2) is 0 Å². The summed E-state index contributed by atoms with van der Waals surface area (Å²) in [4.78, 5) is 4.69. The van der Waals surface area contributed by atoms with Gasteiger partial charge in [0.25, 0.3) is 0 Å². The number of rotatable bonds is 6. The molecule has 0 unspecified atom stereocenters. The summed E-state index contributed by atoms with van der Waals surface area (Å²) in [6.07, 6.45) is 0. The van der Waals surface area contributed by atoms with E-state index < -0.39 is 0 Å². The molecule has 3 heteroatoms. The van der Waals surface area contributed by atoms with Gasteiger partial charge in [-0.2, -0.15) is 0 Å². The summed E-state index contributed by atoms with van der Waals surface area (Å²) in [6, 6.07) is 67.2. The third-order valence-corrected chi connectivity index (χ3v) is 10.3. The molecule has 3 nitrogen and oxygen atoms in total. The van der Waals surface area contributed by atoms with Crippen LogP contribution < -0.4 is 9.80 Å². The van der Waals surface area contributed by atoms with Gasteiger partial charge in [-0.15, -0.1) is 0 Å². The van der Waals surface area contributed by atoms with Gasteiger partial charge in [-0.3, -0.25) is 0 Å². The second-order valence-corrected chi connectivity index (χ2v) is 13.4. The van der Waals surface area contributed by atoms with Crippen LogP contribution in [0.1, 0.15) is 5.56 Å². The highest BCUT2D eigenvalue weighted by molar-refractivity contribution is 6.30. The average molecular weight is 667 g/mol. The molecule has 0 spiro atoms. The number of furan rings is 1. The highest BCUT2D eigenvalue weighted by Crippen LogP contribution is 2.46. The standard InChI is InChI=1S/C49H34N2O/c1-33-24-31-46(42-20-10-8-18-39(33)42)51(37-27-25-36(26-28-37)50(34-14-4-2-5-15-34)35-16-6-3-7-17-35)38-29-30-41-40-19-9-11-21-43(40)48-44-22-12-13-23-47(44)52-49(48)45(41)32-38/h2-32H,1H3. The first-order valence-corrected chi connectivity index (χ1v) is 17.8. The van der Waals surface area contributed by atoms with E-state index in [1.807, 2.05) is 6.07 Å². The molecule has 0 saturated heterocycles. The average Bonchev–Trinajstić information content (AvgIpc) is 3.61. The van der Waals surface area contributed by atoms with Crippen LogP contribution in [0, 0.1) is 6.92 Å². The molecule has 0 aliphatic heterocycles. The minimum absolute atomic E-state index is 0.902. The molecule has 10 rings (SSSR count). The summed E-state index contributed by atoms with van der Waals surface area (Å²) in [7, 11) is 0. The molecule has 0 radical (unpaired) electrons. The zero-order chi connectivity index (χ0) is 34.6. The van der Waals surface area contributed by atoms with Crippen molar-refractivity contribution in [1.82, 2.24) is 0 Å². The smallest absolute Gasteiger partial charge is 0.143 e. The molecule has 1 aromatic heterocycles. The SMILES string of the molecule is Cc1ccc(N(c2ccc(N(c3ccccc3)c3ccccc3)cc2)c2ccc3c4ccccc4c4c5ccccc5oc4c3c2)c2ccccc12. The number of aryl methyl sites for hydroxylation is 1. The molecular weight excluding hydrogens is 633 g/mol. The molecule has 10 aromatic rings. The third-order valence-electron chi connectivity index (χ3n) is 10.3. The summed E-state index contributed by atoms with van der Waals surface area (Å²) in [5, 5.41) is 9.45. The number of fused-ring (bicyclic) bond motifs is 9. The Morgan fingerprint density at radius 1 is 0.346 bits per heavy atom. The van der Waals surface area contributed by atoms with E-state index in [0.717, 1.165) is 61.4 Å². The lowest BCUT2D eigenvalue weighted by molar-refractivity contribution is 0.673. The molecule has 1 heterocycles. The van der Waals surface area contributed by atoms with E-state index in [0.29, 0.717) is 0 Å². The molecular formula is C49H34N2O. The summed E-state index contributed by atoms with van der Waals surface area (Å²) in [5.41, 5.74) is 9.64. The van der Waals surface area contributed by atoms with E-state index in [1.165, 1.54) is 32.5 Å². The summed E-state index contributed by atoms with van der Waals surface area (Å²) in [5.74, 6) is 0. The first kappa shape index (κ1) is 30.0. The van der Waals surface area contributed by atoms with Crippen LogP contribution in [0.5, 0.6) is 0 Å². The number of nitrogens with zero attached hydrogens (tertiary/aromatic N) is 2. The Kier molecular flexibility index (Phi) is 7.04. The van der Waals surface area contributed by atoms with Crippen molar-refractivity contribution in [3.8, 4) is 0 Å². The van der Waals surface area contributed by atoms with Crippen LogP contribution in [-0.2, 0) is 0 Å². The molecule has 0 saturated carbocycles. The topological polar surface area (TPSA) is 19.6 Å². The first-order chi connectivity index (χ1) is 25.7. The number of benzene rings is 9. The normalized spacial score (nSPS) is 11.6. The first-order valence-electron chi connectivity index (χ1n) is 17.8. The maximum Gasteiger partial charge on any atom is 0.143 e. The van der Waals surface area contributed by atoms with Gasteiger partial charge < -0.3 is 14.2 Å². The van der Waals surface area contributed by atoms with Crippen LogP contribution in [0.4, 0.5) is 34.1 Å². The van der Waals surface area contributed by atoms with Gasteiger partial charge in [0, 0.05) is 50.0 Å².